The lowest BCUT2D eigenvalue weighted by Crippen LogP contribution is -2.36. The molecule has 1 amide bonds. The summed E-state index contributed by atoms with van der Waals surface area (Å²) in [4.78, 5) is 23.4. The standard InChI is InChI=1S/C19H19N3O3/c23-18(13-22-9-3-8-21-22)20-12-17(19(24)25)11-14-6-7-15-4-1-2-5-16(15)10-14/h1-10,17H,11-13H2,(H,20,23)(H,24,25)/t17-/m1/s1. The van der Waals surface area contributed by atoms with Gasteiger partial charge in [0.2, 0.25) is 5.91 Å². The van der Waals surface area contributed by atoms with Crippen molar-refractivity contribution in [2.45, 2.75) is 13.0 Å². The average molecular weight is 337 g/mol. The Morgan fingerprint density at radius 2 is 1.92 bits per heavy atom. The molecule has 0 saturated carbocycles. The van der Waals surface area contributed by atoms with Crippen molar-refractivity contribution in [2.24, 2.45) is 5.92 Å². The number of hydrogen-bond donors (Lipinski definition) is 2. The minimum atomic E-state index is -0.924. The zero-order valence-electron chi connectivity index (χ0n) is 13.6. The van der Waals surface area contributed by atoms with Gasteiger partial charge in [-0.05, 0) is 28.8 Å². The number of carboxylic acid groups (broad SMARTS) is 1. The fraction of sp³-hybridized carbons (Fsp3) is 0.211. The molecule has 128 valence electrons. The Hall–Kier alpha value is -3.15. The number of nitrogens with one attached hydrogen (secondary N) is 1. The Kier molecular flexibility index (Phi) is 5.09. The van der Waals surface area contributed by atoms with Crippen LogP contribution in [0.25, 0.3) is 10.8 Å². The van der Waals surface area contributed by atoms with E-state index in [2.05, 4.69) is 10.4 Å². The fourth-order valence-electron chi connectivity index (χ4n) is 2.73. The monoisotopic (exact) mass is 337 g/mol. The van der Waals surface area contributed by atoms with Crippen molar-refractivity contribution in [1.82, 2.24) is 15.1 Å². The summed E-state index contributed by atoms with van der Waals surface area (Å²) < 4.78 is 1.49. The van der Waals surface area contributed by atoms with E-state index < -0.39 is 11.9 Å². The van der Waals surface area contributed by atoms with Crippen molar-refractivity contribution < 1.29 is 14.7 Å². The number of benzene rings is 2. The third kappa shape index (κ3) is 4.44. The van der Waals surface area contributed by atoms with Gasteiger partial charge in [0.05, 0.1) is 5.92 Å². The van der Waals surface area contributed by atoms with Gasteiger partial charge in [-0.3, -0.25) is 14.3 Å². The second-order valence-corrected chi connectivity index (χ2v) is 5.93. The van der Waals surface area contributed by atoms with Crippen LogP contribution in [-0.4, -0.2) is 33.3 Å². The third-order valence-electron chi connectivity index (χ3n) is 4.06. The van der Waals surface area contributed by atoms with Gasteiger partial charge in [0.25, 0.3) is 0 Å². The minimum absolute atomic E-state index is 0.0787. The summed E-state index contributed by atoms with van der Waals surface area (Å²) >= 11 is 0. The molecule has 0 fully saturated rings. The maximum absolute atomic E-state index is 11.9. The molecule has 3 rings (SSSR count). The first-order valence-corrected chi connectivity index (χ1v) is 8.06. The number of aromatic nitrogens is 2. The van der Waals surface area contributed by atoms with E-state index in [1.54, 1.807) is 18.5 Å². The number of hydrogen-bond acceptors (Lipinski definition) is 3. The van der Waals surface area contributed by atoms with Gasteiger partial charge in [-0.1, -0.05) is 42.5 Å². The maximum Gasteiger partial charge on any atom is 0.308 e. The van der Waals surface area contributed by atoms with Crippen LogP contribution in [0.2, 0.25) is 0 Å². The molecule has 0 unspecified atom stereocenters. The van der Waals surface area contributed by atoms with Crippen LogP contribution in [0.4, 0.5) is 0 Å². The Morgan fingerprint density at radius 3 is 2.64 bits per heavy atom. The molecule has 6 nitrogen and oxygen atoms in total. The summed E-state index contributed by atoms with van der Waals surface area (Å²) in [6.45, 7) is 0.164. The molecule has 3 aromatic rings. The van der Waals surface area contributed by atoms with E-state index in [0.717, 1.165) is 16.3 Å². The first kappa shape index (κ1) is 16.7. The molecule has 2 aromatic carbocycles. The zero-order chi connectivity index (χ0) is 17.6. The van der Waals surface area contributed by atoms with Crippen molar-refractivity contribution in [3.05, 3.63) is 66.5 Å². The molecule has 0 radical (unpaired) electrons. The number of carbonyl (C=O) groups excluding carboxylic acids is 1. The van der Waals surface area contributed by atoms with Gasteiger partial charge >= 0.3 is 5.97 Å². The van der Waals surface area contributed by atoms with Crippen LogP contribution in [0.3, 0.4) is 0 Å². The van der Waals surface area contributed by atoms with Crippen LogP contribution in [-0.2, 0) is 22.6 Å². The number of carboxylic acids is 1. The average Bonchev–Trinajstić information content (AvgIpc) is 3.11. The lowest BCUT2D eigenvalue weighted by Gasteiger charge is -2.14. The van der Waals surface area contributed by atoms with Crippen LogP contribution in [0.15, 0.2) is 60.9 Å². The van der Waals surface area contributed by atoms with E-state index in [9.17, 15) is 14.7 Å². The Labute approximate surface area is 145 Å². The predicted octanol–water partition coefficient (Wildman–Crippen LogP) is 2.10. The van der Waals surface area contributed by atoms with Crippen molar-refractivity contribution in [3.63, 3.8) is 0 Å². The lowest BCUT2D eigenvalue weighted by atomic mass is 9.97. The van der Waals surface area contributed by atoms with Crippen LogP contribution in [0.5, 0.6) is 0 Å². The molecular weight excluding hydrogens is 318 g/mol. The summed E-state index contributed by atoms with van der Waals surface area (Å²) in [5.41, 5.74) is 0.937. The van der Waals surface area contributed by atoms with E-state index in [0.29, 0.717) is 6.42 Å². The third-order valence-corrected chi connectivity index (χ3v) is 4.06. The second kappa shape index (κ2) is 7.61. The summed E-state index contributed by atoms with van der Waals surface area (Å²) in [6.07, 6.45) is 3.64. The number of carbonyl (C=O) groups is 2. The Bertz CT molecular complexity index is 875. The highest BCUT2D eigenvalue weighted by Gasteiger charge is 2.19. The van der Waals surface area contributed by atoms with E-state index in [4.69, 9.17) is 0 Å². The molecular formula is C19H19N3O3. The van der Waals surface area contributed by atoms with E-state index >= 15 is 0 Å². The van der Waals surface area contributed by atoms with Crippen LogP contribution in [0.1, 0.15) is 5.56 Å². The molecule has 0 saturated heterocycles. The van der Waals surface area contributed by atoms with Crippen molar-refractivity contribution >= 4 is 22.6 Å². The van der Waals surface area contributed by atoms with Gasteiger partial charge in [-0.2, -0.15) is 5.10 Å². The first-order chi connectivity index (χ1) is 12.1. The van der Waals surface area contributed by atoms with Crippen LogP contribution < -0.4 is 5.32 Å². The predicted molar refractivity (Wildman–Crippen MR) is 94.0 cm³/mol. The molecule has 6 heteroatoms. The molecule has 0 spiro atoms. The molecule has 1 aromatic heterocycles. The van der Waals surface area contributed by atoms with Crippen molar-refractivity contribution in [2.75, 3.05) is 6.54 Å². The zero-order valence-corrected chi connectivity index (χ0v) is 13.6. The van der Waals surface area contributed by atoms with Gasteiger partial charge in [0.1, 0.15) is 6.54 Å². The first-order valence-electron chi connectivity index (χ1n) is 8.06. The molecule has 2 N–H and O–H groups in total. The Morgan fingerprint density at radius 1 is 1.12 bits per heavy atom. The van der Waals surface area contributed by atoms with Gasteiger partial charge in [0.15, 0.2) is 0 Å². The Balaban J connectivity index is 1.62. The van der Waals surface area contributed by atoms with Gasteiger partial charge in [-0.25, -0.2) is 0 Å². The molecule has 0 aliphatic rings. The molecule has 25 heavy (non-hydrogen) atoms. The summed E-state index contributed by atoms with van der Waals surface area (Å²) in [5, 5.41) is 18.3. The van der Waals surface area contributed by atoms with Crippen molar-refractivity contribution in [1.29, 1.82) is 0 Å². The van der Waals surface area contributed by atoms with Crippen LogP contribution in [0, 0.1) is 5.92 Å². The second-order valence-electron chi connectivity index (χ2n) is 5.93. The summed E-state index contributed by atoms with van der Waals surface area (Å²) in [6, 6.07) is 15.6. The normalized spacial score (nSPS) is 12.0. The van der Waals surface area contributed by atoms with Crippen molar-refractivity contribution in [3.8, 4) is 0 Å². The smallest absolute Gasteiger partial charge is 0.308 e. The largest absolute Gasteiger partial charge is 0.481 e. The van der Waals surface area contributed by atoms with Gasteiger partial charge in [-0.15, -0.1) is 0 Å². The quantitative estimate of drug-likeness (QED) is 0.691. The highest BCUT2D eigenvalue weighted by molar-refractivity contribution is 5.83. The van der Waals surface area contributed by atoms with E-state index in [-0.39, 0.29) is 19.0 Å². The maximum atomic E-state index is 11.9. The molecule has 0 aliphatic heterocycles. The number of rotatable bonds is 7. The molecule has 1 heterocycles. The molecule has 0 bridgehead atoms. The van der Waals surface area contributed by atoms with E-state index in [1.807, 2.05) is 42.5 Å². The number of nitrogens with zero attached hydrogens (tertiary/aromatic N) is 2. The highest BCUT2D eigenvalue weighted by atomic mass is 16.4. The number of aliphatic carboxylic acids is 1. The van der Waals surface area contributed by atoms with Gasteiger partial charge in [0, 0.05) is 18.9 Å². The fourth-order valence-corrected chi connectivity index (χ4v) is 2.73. The molecule has 1 atom stereocenters. The van der Waals surface area contributed by atoms with Crippen LogP contribution >= 0.6 is 0 Å². The van der Waals surface area contributed by atoms with Gasteiger partial charge < -0.3 is 10.4 Å². The summed E-state index contributed by atoms with van der Waals surface area (Å²) in [7, 11) is 0. The number of fused-ring (bicyclic) bond motifs is 1. The topological polar surface area (TPSA) is 84.2 Å². The number of amides is 1. The lowest BCUT2D eigenvalue weighted by molar-refractivity contribution is -0.141. The molecule has 0 aliphatic carbocycles. The minimum Gasteiger partial charge on any atom is -0.481 e. The highest BCUT2D eigenvalue weighted by Crippen LogP contribution is 2.18. The summed E-state index contributed by atoms with van der Waals surface area (Å²) in [5.74, 6) is -1.86. The van der Waals surface area contributed by atoms with E-state index in [1.165, 1.54) is 4.68 Å². The SMILES string of the molecule is O=C(Cn1cccn1)NC[C@@H](Cc1ccc2ccccc2c1)C(=O)O.